The number of rotatable bonds is 11. The molecule has 1 saturated heterocycles. The molecule has 1 aromatic carbocycles. The fourth-order valence-electron chi connectivity index (χ4n) is 3.76. The zero-order valence-corrected chi connectivity index (χ0v) is 18.3. The molecule has 2 rings (SSSR count). The van der Waals surface area contributed by atoms with Crippen LogP contribution in [0.2, 0.25) is 0 Å². The van der Waals surface area contributed by atoms with E-state index in [1.165, 1.54) is 57.1 Å². The van der Waals surface area contributed by atoms with Crippen molar-refractivity contribution in [3.63, 3.8) is 0 Å². The molecule has 28 heavy (non-hydrogen) atoms. The normalized spacial score (nSPS) is 16.5. The molecule has 1 fully saturated rings. The van der Waals surface area contributed by atoms with Crippen molar-refractivity contribution < 1.29 is 0 Å². The predicted molar refractivity (Wildman–Crippen MR) is 121 cm³/mol. The molecule has 0 aromatic heterocycles. The fraction of sp³-hybridized carbons (Fsp3) is 0.696. The summed E-state index contributed by atoms with van der Waals surface area (Å²) in [6.45, 7) is 5.58. The van der Waals surface area contributed by atoms with Crippen LogP contribution < -0.4 is 10.6 Å². The van der Waals surface area contributed by atoms with Gasteiger partial charge in [-0.3, -0.25) is 9.89 Å². The van der Waals surface area contributed by atoms with E-state index in [1.807, 2.05) is 7.05 Å². The molecule has 5 nitrogen and oxygen atoms in total. The van der Waals surface area contributed by atoms with Crippen LogP contribution in [0.4, 0.5) is 0 Å². The molecule has 0 unspecified atom stereocenters. The zero-order chi connectivity index (χ0) is 20.0. The number of nitrogens with one attached hydrogen (secondary N) is 2. The highest BCUT2D eigenvalue weighted by atomic mass is 15.2. The quantitative estimate of drug-likeness (QED) is 0.347. The van der Waals surface area contributed by atoms with E-state index in [0.29, 0.717) is 6.04 Å². The fourth-order valence-corrected chi connectivity index (χ4v) is 3.76. The maximum Gasteiger partial charge on any atom is 0.191 e. The average molecular weight is 388 g/mol. The van der Waals surface area contributed by atoms with Crippen molar-refractivity contribution in [3.8, 4) is 0 Å². The third kappa shape index (κ3) is 9.56. The molecule has 0 saturated carbocycles. The summed E-state index contributed by atoms with van der Waals surface area (Å²) in [7, 11) is 6.17. The van der Waals surface area contributed by atoms with Gasteiger partial charge in [-0.1, -0.05) is 49.6 Å². The van der Waals surface area contributed by atoms with Gasteiger partial charge in [0.05, 0.1) is 0 Å². The van der Waals surface area contributed by atoms with E-state index in [1.54, 1.807) is 0 Å². The minimum absolute atomic E-state index is 0.532. The Kier molecular flexibility index (Phi) is 11.0. The van der Waals surface area contributed by atoms with Gasteiger partial charge in [0.1, 0.15) is 0 Å². The first-order valence-electron chi connectivity index (χ1n) is 11.1. The van der Waals surface area contributed by atoms with Gasteiger partial charge in [-0.15, -0.1) is 0 Å². The second kappa shape index (κ2) is 13.6. The van der Waals surface area contributed by atoms with Gasteiger partial charge in [0, 0.05) is 39.3 Å². The lowest BCUT2D eigenvalue weighted by Crippen LogP contribution is -2.48. The summed E-state index contributed by atoms with van der Waals surface area (Å²) in [5.41, 5.74) is 1.41. The number of likely N-dealkylation sites (tertiary alicyclic amines) is 1. The van der Waals surface area contributed by atoms with Crippen LogP contribution in [0, 0.1) is 0 Å². The Bertz CT molecular complexity index is 535. The third-order valence-corrected chi connectivity index (χ3v) is 5.48. The van der Waals surface area contributed by atoms with Crippen LogP contribution in [0.5, 0.6) is 0 Å². The largest absolute Gasteiger partial charge is 0.356 e. The van der Waals surface area contributed by atoms with Gasteiger partial charge in [-0.2, -0.15) is 0 Å². The van der Waals surface area contributed by atoms with Crippen LogP contribution in [0.1, 0.15) is 50.5 Å². The third-order valence-electron chi connectivity index (χ3n) is 5.48. The first kappa shape index (κ1) is 22.7. The second-order valence-electron chi connectivity index (χ2n) is 8.25. The standard InChI is InChI=1S/C23H41N5/c1-24-23(25-16-10-5-4-6-11-17-27(2)3)26-22-14-18-28(19-15-22)20-21-12-8-7-9-13-21/h7-9,12-13,22H,4-6,10-11,14-20H2,1-3H3,(H2,24,25,26). The lowest BCUT2D eigenvalue weighted by molar-refractivity contribution is 0.198. The van der Waals surface area contributed by atoms with Crippen LogP contribution in [-0.2, 0) is 6.54 Å². The molecule has 0 radical (unpaired) electrons. The summed E-state index contributed by atoms with van der Waals surface area (Å²) in [5.74, 6) is 0.967. The average Bonchev–Trinajstić information content (AvgIpc) is 2.71. The molecule has 5 heteroatoms. The summed E-state index contributed by atoms with van der Waals surface area (Å²) >= 11 is 0. The summed E-state index contributed by atoms with van der Waals surface area (Å²) < 4.78 is 0. The van der Waals surface area contributed by atoms with Gasteiger partial charge >= 0.3 is 0 Å². The lowest BCUT2D eigenvalue weighted by Gasteiger charge is -2.33. The van der Waals surface area contributed by atoms with Crippen molar-refractivity contribution in [2.24, 2.45) is 4.99 Å². The predicted octanol–water partition coefficient (Wildman–Crippen LogP) is 3.33. The molecule has 0 bridgehead atoms. The van der Waals surface area contributed by atoms with Gasteiger partial charge in [0.15, 0.2) is 5.96 Å². The van der Waals surface area contributed by atoms with Gasteiger partial charge in [0.2, 0.25) is 0 Å². The highest BCUT2D eigenvalue weighted by molar-refractivity contribution is 5.79. The van der Waals surface area contributed by atoms with E-state index in [2.05, 4.69) is 69.9 Å². The smallest absolute Gasteiger partial charge is 0.191 e. The van der Waals surface area contributed by atoms with E-state index in [0.717, 1.165) is 32.1 Å². The monoisotopic (exact) mass is 387 g/mol. The van der Waals surface area contributed by atoms with Crippen molar-refractivity contribution in [1.29, 1.82) is 0 Å². The first-order valence-corrected chi connectivity index (χ1v) is 11.1. The van der Waals surface area contributed by atoms with Gasteiger partial charge < -0.3 is 15.5 Å². The molecule has 0 amide bonds. The summed E-state index contributed by atoms with van der Waals surface area (Å²) in [4.78, 5) is 9.23. The lowest BCUT2D eigenvalue weighted by atomic mass is 10.0. The number of hydrogen-bond donors (Lipinski definition) is 2. The van der Waals surface area contributed by atoms with Crippen LogP contribution in [0.15, 0.2) is 35.3 Å². The van der Waals surface area contributed by atoms with Crippen molar-refractivity contribution >= 4 is 5.96 Å². The molecule has 1 aliphatic rings. The number of nitrogens with zero attached hydrogens (tertiary/aromatic N) is 3. The maximum absolute atomic E-state index is 4.41. The van der Waals surface area contributed by atoms with E-state index in [-0.39, 0.29) is 0 Å². The first-order chi connectivity index (χ1) is 13.7. The Morgan fingerprint density at radius 2 is 1.71 bits per heavy atom. The van der Waals surface area contributed by atoms with E-state index >= 15 is 0 Å². The summed E-state index contributed by atoms with van der Waals surface area (Å²) in [5, 5.41) is 7.11. The van der Waals surface area contributed by atoms with E-state index in [4.69, 9.17) is 0 Å². The highest BCUT2D eigenvalue weighted by Crippen LogP contribution is 2.13. The highest BCUT2D eigenvalue weighted by Gasteiger charge is 2.19. The molecule has 0 spiro atoms. The summed E-state index contributed by atoms with van der Waals surface area (Å²) in [6.07, 6.45) is 8.87. The molecule has 1 aliphatic heterocycles. The zero-order valence-electron chi connectivity index (χ0n) is 18.3. The molecule has 0 atom stereocenters. The van der Waals surface area contributed by atoms with Crippen molar-refractivity contribution in [2.45, 2.75) is 57.5 Å². The number of hydrogen-bond acceptors (Lipinski definition) is 3. The number of aliphatic imine (C=N–C) groups is 1. The Morgan fingerprint density at radius 3 is 2.39 bits per heavy atom. The maximum atomic E-state index is 4.41. The molecule has 0 aliphatic carbocycles. The molecule has 158 valence electrons. The molecule has 2 N–H and O–H groups in total. The van der Waals surface area contributed by atoms with Crippen molar-refractivity contribution in [1.82, 2.24) is 20.4 Å². The van der Waals surface area contributed by atoms with Gasteiger partial charge in [-0.25, -0.2) is 0 Å². The number of guanidine groups is 1. The van der Waals surface area contributed by atoms with Crippen LogP contribution in [0.25, 0.3) is 0 Å². The minimum Gasteiger partial charge on any atom is -0.356 e. The van der Waals surface area contributed by atoms with E-state index in [9.17, 15) is 0 Å². The van der Waals surface area contributed by atoms with Gasteiger partial charge in [0.25, 0.3) is 0 Å². The second-order valence-corrected chi connectivity index (χ2v) is 8.25. The Labute approximate surface area is 172 Å². The molecule has 1 aromatic rings. The van der Waals surface area contributed by atoms with Crippen LogP contribution in [-0.4, -0.2) is 69.1 Å². The summed E-state index contributed by atoms with van der Waals surface area (Å²) in [6, 6.07) is 11.3. The topological polar surface area (TPSA) is 42.9 Å². The van der Waals surface area contributed by atoms with Crippen LogP contribution in [0.3, 0.4) is 0 Å². The number of benzene rings is 1. The Balaban J connectivity index is 1.53. The number of piperidine rings is 1. The van der Waals surface area contributed by atoms with Crippen molar-refractivity contribution in [3.05, 3.63) is 35.9 Å². The number of unbranched alkanes of at least 4 members (excludes halogenated alkanes) is 4. The van der Waals surface area contributed by atoms with E-state index < -0.39 is 0 Å². The van der Waals surface area contributed by atoms with Gasteiger partial charge in [-0.05, 0) is 51.9 Å². The molecular weight excluding hydrogens is 346 g/mol. The Morgan fingerprint density at radius 1 is 1.04 bits per heavy atom. The minimum atomic E-state index is 0.532. The van der Waals surface area contributed by atoms with Crippen LogP contribution >= 0.6 is 0 Å². The SMILES string of the molecule is CN=C(NCCCCCCCN(C)C)NC1CCN(Cc2ccccc2)CC1. The van der Waals surface area contributed by atoms with Crippen molar-refractivity contribution in [2.75, 3.05) is 47.3 Å². The molecule has 1 heterocycles. The molecular formula is C23H41N5. The Hall–Kier alpha value is -1.59.